The molecule has 1 aliphatic rings. The van der Waals surface area contributed by atoms with Gasteiger partial charge in [-0.3, -0.25) is 4.79 Å². The van der Waals surface area contributed by atoms with Gasteiger partial charge in [-0.25, -0.2) is 4.39 Å². The van der Waals surface area contributed by atoms with Crippen LogP contribution in [0.3, 0.4) is 0 Å². The van der Waals surface area contributed by atoms with Crippen LogP contribution in [0, 0.1) is 11.7 Å². The molecular weight excluding hydrogens is 285 g/mol. The molecule has 1 heterocycles. The first-order valence-electron chi connectivity index (χ1n) is 6.79. The number of benzene rings is 1. The van der Waals surface area contributed by atoms with Gasteiger partial charge in [-0.1, -0.05) is 0 Å². The highest BCUT2D eigenvalue weighted by atomic mass is 19.3. The topological polar surface area (TPSA) is 50.4 Å². The minimum Gasteiger partial charge on any atom is -0.432 e. The Balaban J connectivity index is 1.92. The Morgan fingerprint density at radius 3 is 2.95 bits per heavy atom. The van der Waals surface area contributed by atoms with Crippen molar-refractivity contribution in [1.29, 1.82) is 0 Å². The van der Waals surface area contributed by atoms with Crippen molar-refractivity contribution in [2.45, 2.75) is 25.9 Å². The second kappa shape index (κ2) is 7.31. The van der Waals surface area contributed by atoms with Crippen LogP contribution in [-0.2, 0) is 4.79 Å². The highest BCUT2D eigenvalue weighted by Crippen LogP contribution is 2.27. The number of carbonyl (C=O) groups is 1. The van der Waals surface area contributed by atoms with E-state index in [0.717, 1.165) is 38.1 Å². The van der Waals surface area contributed by atoms with E-state index < -0.39 is 12.4 Å². The molecule has 2 rings (SSSR count). The zero-order chi connectivity index (χ0) is 15.2. The lowest BCUT2D eigenvalue weighted by atomic mass is 10.0. The number of hydrogen-bond acceptors (Lipinski definition) is 3. The maximum Gasteiger partial charge on any atom is 0.387 e. The van der Waals surface area contributed by atoms with E-state index in [-0.39, 0.29) is 23.8 Å². The highest BCUT2D eigenvalue weighted by Gasteiger charge is 2.17. The van der Waals surface area contributed by atoms with Gasteiger partial charge >= 0.3 is 6.61 Å². The van der Waals surface area contributed by atoms with Gasteiger partial charge in [0.05, 0.1) is 5.69 Å². The van der Waals surface area contributed by atoms with Gasteiger partial charge in [0.1, 0.15) is 5.82 Å². The third-order valence-corrected chi connectivity index (χ3v) is 3.38. The van der Waals surface area contributed by atoms with E-state index in [4.69, 9.17) is 0 Å². The van der Waals surface area contributed by atoms with Crippen molar-refractivity contribution in [3.8, 4) is 5.75 Å². The fourth-order valence-corrected chi connectivity index (χ4v) is 2.30. The number of hydrogen-bond donors (Lipinski definition) is 2. The summed E-state index contributed by atoms with van der Waals surface area (Å²) in [5, 5.41) is 5.69. The second-order valence-corrected chi connectivity index (χ2v) is 4.96. The van der Waals surface area contributed by atoms with E-state index >= 15 is 0 Å². The average molecular weight is 302 g/mol. The number of alkyl halides is 2. The quantitative estimate of drug-likeness (QED) is 0.849. The molecule has 1 unspecified atom stereocenters. The molecule has 21 heavy (non-hydrogen) atoms. The van der Waals surface area contributed by atoms with Crippen molar-refractivity contribution in [3.05, 3.63) is 24.0 Å². The summed E-state index contributed by atoms with van der Waals surface area (Å²) in [5.41, 5.74) is 0.0475. The van der Waals surface area contributed by atoms with Crippen molar-refractivity contribution in [2.24, 2.45) is 5.92 Å². The zero-order valence-corrected chi connectivity index (χ0v) is 11.4. The Kier molecular flexibility index (Phi) is 5.44. The van der Waals surface area contributed by atoms with Gasteiger partial charge in [0, 0.05) is 12.5 Å². The molecule has 0 radical (unpaired) electrons. The molecule has 1 aromatic carbocycles. The highest BCUT2D eigenvalue weighted by molar-refractivity contribution is 5.92. The summed E-state index contributed by atoms with van der Waals surface area (Å²) in [7, 11) is 0. The first-order chi connectivity index (χ1) is 10.0. The van der Waals surface area contributed by atoms with Crippen LogP contribution in [0.25, 0.3) is 0 Å². The summed E-state index contributed by atoms with van der Waals surface area (Å²) in [6.45, 7) is -1.23. The van der Waals surface area contributed by atoms with Crippen molar-refractivity contribution < 1.29 is 22.7 Å². The Bertz CT molecular complexity index is 491. The summed E-state index contributed by atoms with van der Waals surface area (Å²) < 4.78 is 41.8. The minimum atomic E-state index is -3.08. The largest absolute Gasteiger partial charge is 0.432 e. The molecule has 4 nitrogen and oxygen atoms in total. The van der Waals surface area contributed by atoms with Crippen molar-refractivity contribution in [3.63, 3.8) is 0 Å². The van der Waals surface area contributed by atoms with Gasteiger partial charge in [0.25, 0.3) is 0 Å². The molecule has 1 saturated heterocycles. The number of ether oxygens (including phenoxy) is 1. The Hall–Kier alpha value is -1.76. The fourth-order valence-electron chi connectivity index (χ4n) is 2.30. The number of carbonyl (C=O) groups excluding carboxylic acids is 1. The molecule has 1 atom stereocenters. The number of halogens is 3. The van der Waals surface area contributed by atoms with Crippen molar-refractivity contribution in [1.82, 2.24) is 5.32 Å². The second-order valence-electron chi connectivity index (χ2n) is 4.96. The lowest BCUT2D eigenvalue weighted by Crippen LogP contribution is -2.16. The standard InChI is InChI=1S/C14H17F3N2O2/c15-10-2-3-11(12(7-10)21-14(16)17)19-13(20)4-1-9-5-6-18-8-9/h2-3,7,9,14,18H,1,4-6,8H2,(H,19,20). The maximum absolute atomic E-state index is 13.0. The normalized spacial score (nSPS) is 18.0. The van der Waals surface area contributed by atoms with Gasteiger partial charge in [0.15, 0.2) is 5.75 Å². The number of nitrogens with one attached hydrogen (secondary N) is 2. The van der Waals surface area contributed by atoms with E-state index in [0.29, 0.717) is 5.92 Å². The molecule has 1 fully saturated rings. The van der Waals surface area contributed by atoms with Crippen molar-refractivity contribution in [2.75, 3.05) is 18.4 Å². The summed E-state index contributed by atoms with van der Waals surface area (Å²) in [4.78, 5) is 11.8. The van der Waals surface area contributed by atoms with E-state index in [2.05, 4.69) is 15.4 Å². The maximum atomic E-state index is 13.0. The summed E-state index contributed by atoms with van der Waals surface area (Å²) in [6, 6.07) is 3.11. The van der Waals surface area contributed by atoms with Crippen LogP contribution < -0.4 is 15.4 Å². The van der Waals surface area contributed by atoms with Crippen LogP contribution in [0.5, 0.6) is 5.75 Å². The average Bonchev–Trinajstić information content (AvgIpc) is 2.92. The molecule has 116 valence electrons. The lowest BCUT2D eigenvalue weighted by Gasteiger charge is -2.13. The Labute approximate surface area is 120 Å². The Morgan fingerprint density at radius 2 is 2.29 bits per heavy atom. The predicted molar refractivity (Wildman–Crippen MR) is 71.9 cm³/mol. The zero-order valence-electron chi connectivity index (χ0n) is 11.4. The van der Waals surface area contributed by atoms with Crippen LogP contribution in [-0.4, -0.2) is 25.6 Å². The SMILES string of the molecule is O=C(CCC1CCNC1)Nc1ccc(F)cc1OC(F)F. The number of rotatable bonds is 6. The first kappa shape index (κ1) is 15.6. The van der Waals surface area contributed by atoms with Gasteiger partial charge in [-0.2, -0.15) is 8.78 Å². The fraction of sp³-hybridized carbons (Fsp3) is 0.500. The van der Waals surface area contributed by atoms with Crippen LogP contribution in [0.1, 0.15) is 19.3 Å². The van der Waals surface area contributed by atoms with Gasteiger partial charge in [-0.05, 0) is 44.0 Å². The molecule has 7 heteroatoms. The van der Waals surface area contributed by atoms with E-state index in [1.807, 2.05) is 0 Å². The molecule has 2 N–H and O–H groups in total. The molecule has 1 aromatic rings. The molecule has 0 saturated carbocycles. The monoisotopic (exact) mass is 302 g/mol. The van der Waals surface area contributed by atoms with Gasteiger partial charge in [0.2, 0.25) is 5.91 Å². The third-order valence-electron chi connectivity index (χ3n) is 3.38. The van der Waals surface area contributed by atoms with Crippen LogP contribution in [0.15, 0.2) is 18.2 Å². The lowest BCUT2D eigenvalue weighted by molar-refractivity contribution is -0.116. The van der Waals surface area contributed by atoms with Gasteiger partial charge < -0.3 is 15.4 Å². The molecule has 0 bridgehead atoms. The molecule has 0 aromatic heterocycles. The summed E-state index contributed by atoms with van der Waals surface area (Å²) >= 11 is 0. The molecule has 1 aliphatic heterocycles. The van der Waals surface area contributed by atoms with E-state index in [1.165, 1.54) is 6.07 Å². The van der Waals surface area contributed by atoms with Gasteiger partial charge in [-0.15, -0.1) is 0 Å². The number of amides is 1. The van der Waals surface area contributed by atoms with E-state index in [1.54, 1.807) is 0 Å². The first-order valence-corrected chi connectivity index (χ1v) is 6.79. The van der Waals surface area contributed by atoms with E-state index in [9.17, 15) is 18.0 Å². The number of anilines is 1. The summed E-state index contributed by atoms with van der Waals surface area (Å²) in [6.07, 6.45) is 2.05. The molecular formula is C14H17F3N2O2. The third kappa shape index (κ3) is 4.93. The molecule has 1 amide bonds. The van der Waals surface area contributed by atoms with Crippen LogP contribution in [0.2, 0.25) is 0 Å². The molecule has 0 spiro atoms. The minimum absolute atomic E-state index is 0.0475. The van der Waals surface area contributed by atoms with Crippen molar-refractivity contribution >= 4 is 11.6 Å². The van der Waals surface area contributed by atoms with Crippen LogP contribution >= 0.6 is 0 Å². The van der Waals surface area contributed by atoms with Crippen LogP contribution in [0.4, 0.5) is 18.9 Å². The predicted octanol–water partition coefficient (Wildman–Crippen LogP) is 2.76. The smallest absolute Gasteiger partial charge is 0.387 e. The molecule has 0 aliphatic carbocycles. The Morgan fingerprint density at radius 1 is 1.48 bits per heavy atom. The summed E-state index contributed by atoms with van der Waals surface area (Å²) in [5.74, 6) is -0.921.